The van der Waals surface area contributed by atoms with E-state index in [4.69, 9.17) is 0 Å². The van der Waals surface area contributed by atoms with E-state index in [0.29, 0.717) is 0 Å². The van der Waals surface area contributed by atoms with Crippen molar-refractivity contribution in [1.82, 2.24) is 0 Å². The molecule has 0 unspecified atom stereocenters. The van der Waals surface area contributed by atoms with Crippen molar-refractivity contribution in [2.75, 3.05) is 0 Å². The number of rotatable bonds is 11. The predicted molar refractivity (Wildman–Crippen MR) is 93.8 cm³/mol. The third-order valence-corrected chi connectivity index (χ3v) is 14.3. The van der Waals surface area contributed by atoms with Crippen LogP contribution < -0.4 is 2.89 Å². The van der Waals surface area contributed by atoms with Crippen LogP contribution in [0.2, 0.25) is 3.43 Å². The van der Waals surface area contributed by atoms with Crippen molar-refractivity contribution >= 4 is 35.4 Å². The molecule has 0 aromatic carbocycles. The monoisotopic (exact) mass is 388 g/mol. The molecule has 1 heterocycles. The van der Waals surface area contributed by atoms with Gasteiger partial charge < -0.3 is 0 Å². The van der Waals surface area contributed by atoms with E-state index in [1.165, 1.54) is 57.8 Å². The molecule has 0 radical (unpaired) electrons. The van der Waals surface area contributed by atoms with Gasteiger partial charge in [-0.05, 0) is 0 Å². The first-order valence-electron chi connectivity index (χ1n) is 8.28. The minimum absolute atomic E-state index is 0.800. The van der Waals surface area contributed by atoms with Crippen LogP contribution in [-0.2, 0) is 0 Å². The SMILES string of the molecule is CCCC[C](CCCC)(CCCC)[SnH2][c]1cccs1. The first-order chi connectivity index (χ1) is 9.26. The molecule has 0 aliphatic carbocycles. The summed E-state index contributed by atoms with van der Waals surface area (Å²) in [5, 5.41) is 2.29. The molecule has 0 saturated heterocycles. The van der Waals surface area contributed by atoms with Crippen LogP contribution in [0.3, 0.4) is 0 Å². The summed E-state index contributed by atoms with van der Waals surface area (Å²) < 4.78 is 2.61. The van der Waals surface area contributed by atoms with Gasteiger partial charge in [0.2, 0.25) is 0 Å². The Bertz CT molecular complexity index is 283. The van der Waals surface area contributed by atoms with E-state index >= 15 is 0 Å². The minimum atomic E-state index is -0.836. The second-order valence-corrected chi connectivity index (χ2v) is 16.0. The molecule has 0 saturated carbocycles. The van der Waals surface area contributed by atoms with Gasteiger partial charge in [-0.15, -0.1) is 0 Å². The second kappa shape index (κ2) is 10.3. The molecule has 0 amide bonds. The summed E-state index contributed by atoms with van der Waals surface area (Å²) in [6, 6.07) is 4.69. The van der Waals surface area contributed by atoms with Gasteiger partial charge in [0.05, 0.1) is 0 Å². The van der Waals surface area contributed by atoms with Crippen LogP contribution in [0.25, 0.3) is 0 Å². The maximum absolute atomic E-state index is 2.43. The average Bonchev–Trinajstić information content (AvgIpc) is 2.93. The molecule has 19 heavy (non-hydrogen) atoms. The molecular weight excluding hydrogens is 355 g/mol. The molecule has 1 aromatic heterocycles. The van der Waals surface area contributed by atoms with Crippen molar-refractivity contribution in [2.45, 2.75) is 82.0 Å². The fourth-order valence-corrected chi connectivity index (χ4v) is 13.7. The van der Waals surface area contributed by atoms with Gasteiger partial charge in [-0.2, -0.15) is 0 Å². The Kier molecular flexibility index (Phi) is 9.48. The standard InChI is InChI=1S/C13H27.C4H3S.Sn.2H/c1-4-7-10-13(11-8-5-2)12-9-6-3;1-2-4-5-3-1;;;/h4-12H2,1-3H3;1-3H;;;. The van der Waals surface area contributed by atoms with E-state index in [0.717, 1.165) is 3.43 Å². The molecule has 0 bridgehead atoms. The van der Waals surface area contributed by atoms with Gasteiger partial charge in [0, 0.05) is 0 Å². The van der Waals surface area contributed by atoms with Crippen LogP contribution in [0.4, 0.5) is 0 Å². The van der Waals surface area contributed by atoms with Crippen molar-refractivity contribution < 1.29 is 0 Å². The van der Waals surface area contributed by atoms with Gasteiger partial charge in [-0.3, -0.25) is 0 Å². The summed E-state index contributed by atoms with van der Waals surface area (Å²) in [7, 11) is 0. The average molecular weight is 387 g/mol. The molecule has 0 aliphatic rings. The number of thiophene rings is 1. The van der Waals surface area contributed by atoms with Crippen LogP contribution in [0.15, 0.2) is 17.5 Å². The molecule has 0 N–H and O–H groups in total. The van der Waals surface area contributed by atoms with Gasteiger partial charge in [-0.1, -0.05) is 0 Å². The molecule has 1 rings (SSSR count). The zero-order valence-electron chi connectivity index (χ0n) is 13.2. The molecular formula is C17H32SSn. The molecule has 0 nitrogen and oxygen atoms in total. The maximum atomic E-state index is 2.43. The first-order valence-corrected chi connectivity index (χ1v) is 13.2. The van der Waals surface area contributed by atoms with Gasteiger partial charge in [0.15, 0.2) is 0 Å². The van der Waals surface area contributed by atoms with Gasteiger partial charge in [0.1, 0.15) is 0 Å². The normalized spacial score (nSPS) is 12.6. The molecule has 2 heteroatoms. The Morgan fingerprint density at radius 3 is 1.84 bits per heavy atom. The number of unbranched alkanes of at least 4 members (excludes halogenated alkanes) is 3. The van der Waals surface area contributed by atoms with Crippen LogP contribution in [0.5, 0.6) is 0 Å². The summed E-state index contributed by atoms with van der Waals surface area (Å²) in [6.07, 6.45) is 13.1. The van der Waals surface area contributed by atoms with E-state index in [2.05, 4.69) is 38.3 Å². The fraction of sp³-hybridized carbons (Fsp3) is 0.765. The van der Waals surface area contributed by atoms with E-state index < -0.39 is 21.1 Å². The molecule has 1 aromatic rings. The van der Waals surface area contributed by atoms with Gasteiger partial charge in [-0.25, -0.2) is 0 Å². The van der Waals surface area contributed by atoms with Crippen LogP contribution in [-0.4, -0.2) is 21.1 Å². The van der Waals surface area contributed by atoms with Crippen molar-refractivity contribution in [1.29, 1.82) is 0 Å². The predicted octanol–water partition coefficient (Wildman–Crippen LogP) is 5.27. The third-order valence-electron chi connectivity index (χ3n) is 4.31. The summed E-state index contributed by atoms with van der Waals surface area (Å²) >= 11 is 1.21. The Morgan fingerprint density at radius 1 is 0.947 bits per heavy atom. The topological polar surface area (TPSA) is 0 Å². The molecule has 0 fully saturated rings. The Morgan fingerprint density at radius 2 is 1.47 bits per heavy atom. The summed E-state index contributed by atoms with van der Waals surface area (Å²) in [4.78, 5) is 0. The zero-order valence-corrected chi connectivity index (χ0v) is 18.1. The van der Waals surface area contributed by atoms with Crippen LogP contribution in [0, 0.1) is 0 Å². The molecule has 0 atom stereocenters. The van der Waals surface area contributed by atoms with Crippen LogP contribution >= 0.6 is 11.3 Å². The second-order valence-electron chi connectivity index (χ2n) is 6.07. The number of hydrogen-bond acceptors (Lipinski definition) is 1. The molecule has 110 valence electrons. The van der Waals surface area contributed by atoms with E-state index in [9.17, 15) is 0 Å². The fourth-order valence-electron chi connectivity index (χ4n) is 3.08. The Labute approximate surface area is 134 Å². The van der Waals surface area contributed by atoms with Gasteiger partial charge >= 0.3 is 135 Å². The van der Waals surface area contributed by atoms with Crippen molar-refractivity contribution in [3.63, 3.8) is 0 Å². The summed E-state index contributed by atoms with van der Waals surface area (Å²) in [6.45, 7) is 7.06. The third kappa shape index (κ3) is 6.66. The van der Waals surface area contributed by atoms with Crippen LogP contribution in [0.1, 0.15) is 78.6 Å². The Hall–Kier alpha value is 0.499. The van der Waals surface area contributed by atoms with Crippen molar-refractivity contribution in [3.05, 3.63) is 17.5 Å². The Balaban J connectivity index is 2.74. The van der Waals surface area contributed by atoms with Crippen molar-refractivity contribution in [2.24, 2.45) is 0 Å². The van der Waals surface area contributed by atoms with Crippen molar-refractivity contribution in [3.8, 4) is 0 Å². The first kappa shape index (κ1) is 17.5. The van der Waals surface area contributed by atoms with E-state index in [1.807, 2.05) is 14.2 Å². The summed E-state index contributed by atoms with van der Waals surface area (Å²) in [5.74, 6) is 0. The van der Waals surface area contributed by atoms with Gasteiger partial charge in [0.25, 0.3) is 0 Å². The number of hydrogen-bond donors (Lipinski definition) is 0. The zero-order chi connectivity index (χ0) is 14.0. The molecule has 0 spiro atoms. The van der Waals surface area contributed by atoms with E-state index in [-0.39, 0.29) is 0 Å². The molecule has 0 aliphatic heterocycles. The quantitative estimate of drug-likeness (QED) is 0.454. The van der Waals surface area contributed by atoms with E-state index in [1.54, 1.807) is 0 Å². The summed E-state index contributed by atoms with van der Waals surface area (Å²) in [5.41, 5.74) is 0.